The lowest BCUT2D eigenvalue weighted by Gasteiger charge is -2.15. The van der Waals surface area contributed by atoms with Gasteiger partial charge in [-0.1, -0.05) is 28.1 Å². The van der Waals surface area contributed by atoms with Crippen molar-refractivity contribution in [3.63, 3.8) is 0 Å². The number of nitrogens with one attached hydrogen (secondary N) is 2. The van der Waals surface area contributed by atoms with E-state index >= 15 is 0 Å². The Balaban J connectivity index is 1.42. The Hall–Kier alpha value is -3.69. The maximum atomic E-state index is 12.8. The number of likely N-dealkylation sites (N-methyl/N-ethyl adjacent to an activating group) is 1. The van der Waals surface area contributed by atoms with Crippen LogP contribution in [0.15, 0.2) is 83.9 Å². The molecule has 2 heterocycles. The Bertz CT molecular complexity index is 1280. The number of nitrogens with zero attached hydrogens (tertiary/aromatic N) is 4. The lowest BCUT2D eigenvalue weighted by atomic mass is 10.2. The first-order valence-corrected chi connectivity index (χ1v) is 11.9. The molecule has 2 aromatic heterocycles. The van der Waals surface area contributed by atoms with Gasteiger partial charge in [-0.15, -0.1) is 0 Å². The third-order valence-corrected chi connectivity index (χ3v) is 5.67. The monoisotopic (exact) mass is 534 g/mol. The van der Waals surface area contributed by atoms with Crippen LogP contribution in [0.25, 0.3) is 11.4 Å². The Labute approximate surface area is 213 Å². The first kappa shape index (κ1) is 24.4. The van der Waals surface area contributed by atoms with Crippen LogP contribution in [0.3, 0.4) is 0 Å². The molecule has 0 radical (unpaired) electrons. The minimum atomic E-state index is -0.349. The Morgan fingerprint density at radius 3 is 2.69 bits per heavy atom. The van der Waals surface area contributed by atoms with Crippen molar-refractivity contribution in [2.75, 3.05) is 37.9 Å². The number of anilines is 2. The number of pyridine rings is 1. The van der Waals surface area contributed by atoms with Crippen LogP contribution < -0.4 is 15.4 Å². The van der Waals surface area contributed by atoms with Crippen molar-refractivity contribution < 1.29 is 9.53 Å². The van der Waals surface area contributed by atoms with Crippen molar-refractivity contribution in [1.82, 2.24) is 19.4 Å². The zero-order chi connectivity index (χ0) is 24.6. The zero-order valence-corrected chi connectivity index (χ0v) is 21.2. The fraction of sp³-hybridized carbons (Fsp3) is 0.192. The standard InChI is InChI=1S/C26H27BrN6O2/c1-32(2)14-15-35-24-7-6-21(27)17-23(24)31-26(34)30-22-5-3-4-19(16-22)18-33-13-12-29-25(33)20-8-10-28-11-9-20/h3-13,16-17H,14-15,18H2,1-2H3,(H2,30,31,34). The molecule has 0 saturated carbocycles. The molecule has 180 valence electrons. The molecule has 0 spiro atoms. The van der Waals surface area contributed by atoms with Gasteiger partial charge in [-0.2, -0.15) is 0 Å². The van der Waals surface area contributed by atoms with E-state index in [4.69, 9.17) is 4.74 Å². The first-order chi connectivity index (χ1) is 17.0. The number of hydrogen-bond donors (Lipinski definition) is 2. The fourth-order valence-electron chi connectivity index (χ4n) is 3.49. The van der Waals surface area contributed by atoms with Gasteiger partial charge in [0.25, 0.3) is 0 Å². The summed E-state index contributed by atoms with van der Waals surface area (Å²) in [4.78, 5) is 23.4. The highest BCUT2D eigenvalue weighted by molar-refractivity contribution is 9.10. The number of halogens is 1. The normalized spacial score (nSPS) is 10.9. The number of urea groups is 1. The quantitative estimate of drug-likeness (QED) is 0.302. The van der Waals surface area contributed by atoms with Gasteiger partial charge in [0.1, 0.15) is 18.2 Å². The third kappa shape index (κ3) is 6.91. The van der Waals surface area contributed by atoms with Crippen LogP contribution >= 0.6 is 15.9 Å². The van der Waals surface area contributed by atoms with E-state index in [2.05, 4.69) is 41.1 Å². The number of imidazole rings is 1. The maximum absolute atomic E-state index is 12.8. The van der Waals surface area contributed by atoms with Gasteiger partial charge < -0.3 is 24.8 Å². The second-order valence-electron chi connectivity index (χ2n) is 8.19. The lowest BCUT2D eigenvalue weighted by Crippen LogP contribution is -2.22. The van der Waals surface area contributed by atoms with Crippen LogP contribution in [0.2, 0.25) is 0 Å². The summed E-state index contributed by atoms with van der Waals surface area (Å²) in [5.74, 6) is 1.47. The summed E-state index contributed by atoms with van der Waals surface area (Å²) in [5, 5.41) is 5.81. The molecule has 0 aliphatic rings. The van der Waals surface area contributed by atoms with Gasteiger partial charge in [-0.05, 0) is 62.1 Å². The molecule has 9 heteroatoms. The van der Waals surface area contributed by atoms with Crippen molar-refractivity contribution in [3.8, 4) is 17.1 Å². The number of benzene rings is 2. The van der Waals surface area contributed by atoms with E-state index in [0.717, 1.165) is 28.0 Å². The smallest absolute Gasteiger partial charge is 0.323 e. The van der Waals surface area contributed by atoms with E-state index in [1.165, 1.54) is 0 Å². The highest BCUT2D eigenvalue weighted by Gasteiger charge is 2.11. The lowest BCUT2D eigenvalue weighted by molar-refractivity contribution is 0.258. The predicted molar refractivity (Wildman–Crippen MR) is 142 cm³/mol. The van der Waals surface area contributed by atoms with Crippen molar-refractivity contribution >= 4 is 33.3 Å². The van der Waals surface area contributed by atoms with Gasteiger partial charge in [-0.25, -0.2) is 9.78 Å². The number of hydrogen-bond acceptors (Lipinski definition) is 5. The largest absolute Gasteiger partial charge is 0.490 e. The van der Waals surface area contributed by atoms with E-state index in [1.54, 1.807) is 18.6 Å². The number of aromatic nitrogens is 3. The van der Waals surface area contributed by atoms with Crippen LogP contribution in [0.1, 0.15) is 5.56 Å². The molecule has 0 aliphatic heterocycles. The molecule has 0 aliphatic carbocycles. The Morgan fingerprint density at radius 2 is 1.89 bits per heavy atom. The SMILES string of the molecule is CN(C)CCOc1ccc(Br)cc1NC(=O)Nc1cccc(Cn2ccnc2-c2ccncc2)c1. The molecule has 8 nitrogen and oxygen atoms in total. The summed E-state index contributed by atoms with van der Waals surface area (Å²) in [5.41, 5.74) is 3.31. The van der Waals surface area contributed by atoms with E-state index in [9.17, 15) is 4.79 Å². The number of carbonyl (C=O) groups is 1. The van der Waals surface area contributed by atoms with Crippen LogP contribution in [-0.2, 0) is 6.54 Å². The van der Waals surface area contributed by atoms with Gasteiger partial charge >= 0.3 is 6.03 Å². The zero-order valence-electron chi connectivity index (χ0n) is 19.6. The molecule has 0 atom stereocenters. The summed E-state index contributed by atoms with van der Waals surface area (Å²) >= 11 is 3.46. The molecule has 2 N–H and O–H groups in total. The van der Waals surface area contributed by atoms with Gasteiger partial charge in [0.05, 0.1) is 5.69 Å². The molecule has 4 aromatic rings. The Morgan fingerprint density at radius 1 is 1.06 bits per heavy atom. The molecule has 35 heavy (non-hydrogen) atoms. The molecule has 2 amide bonds. The molecule has 2 aromatic carbocycles. The third-order valence-electron chi connectivity index (χ3n) is 5.18. The van der Waals surface area contributed by atoms with E-state index in [-0.39, 0.29) is 6.03 Å². The van der Waals surface area contributed by atoms with E-state index in [0.29, 0.717) is 30.3 Å². The molecule has 0 saturated heterocycles. The summed E-state index contributed by atoms with van der Waals surface area (Å²) in [7, 11) is 3.97. The van der Waals surface area contributed by atoms with Crippen molar-refractivity contribution in [1.29, 1.82) is 0 Å². The van der Waals surface area contributed by atoms with Crippen LogP contribution in [0.4, 0.5) is 16.2 Å². The number of carbonyl (C=O) groups excluding carboxylic acids is 1. The molecule has 0 fully saturated rings. The number of ether oxygens (including phenoxy) is 1. The van der Waals surface area contributed by atoms with Crippen LogP contribution in [-0.4, -0.2) is 52.7 Å². The number of amides is 2. The van der Waals surface area contributed by atoms with Crippen molar-refractivity contribution in [3.05, 3.63) is 89.4 Å². The van der Waals surface area contributed by atoms with E-state index < -0.39 is 0 Å². The second kappa shape index (κ2) is 11.6. The minimum Gasteiger partial charge on any atom is -0.490 e. The highest BCUT2D eigenvalue weighted by atomic mass is 79.9. The average Bonchev–Trinajstić information content (AvgIpc) is 3.29. The van der Waals surface area contributed by atoms with Gasteiger partial charge in [0.2, 0.25) is 0 Å². The predicted octanol–water partition coefficient (Wildman–Crippen LogP) is 5.34. The second-order valence-corrected chi connectivity index (χ2v) is 9.10. The fourth-order valence-corrected chi connectivity index (χ4v) is 3.85. The van der Waals surface area contributed by atoms with Gasteiger partial charge in [-0.3, -0.25) is 4.98 Å². The topological polar surface area (TPSA) is 84.3 Å². The highest BCUT2D eigenvalue weighted by Crippen LogP contribution is 2.28. The molecule has 0 bridgehead atoms. The van der Waals surface area contributed by atoms with Gasteiger partial charge in [0, 0.05) is 53.6 Å². The molecular weight excluding hydrogens is 508 g/mol. The minimum absolute atomic E-state index is 0.349. The summed E-state index contributed by atoms with van der Waals surface area (Å²) in [6, 6.07) is 16.8. The average molecular weight is 535 g/mol. The molecule has 0 unspecified atom stereocenters. The summed E-state index contributed by atoms with van der Waals surface area (Å²) < 4.78 is 8.77. The molecule has 4 rings (SSSR count). The summed E-state index contributed by atoms with van der Waals surface area (Å²) in [6.45, 7) is 1.90. The van der Waals surface area contributed by atoms with E-state index in [1.807, 2.05) is 79.8 Å². The van der Waals surface area contributed by atoms with Crippen LogP contribution in [0.5, 0.6) is 5.75 Å². The van der Waals surface area contributed by atoms with Crippen molar-refractivity contribution in [2.45, 2.75) is 6.54 Å². The Kier molecular flexibility index (Phi) is 8.12. The maximum Gasteiger partial charge on any atom is 0.323 e. The number of rotatable bonds is 9. The first-order valence-electron chi connectivity index (χ1n) is 11.1. The van der Waals surface area contributed by atoms with Crippen molar-refractivity contribution in [2.24, 2.45) is 0 Å². The molecular formula is C26H27BrN6O2. The van der Waals surface area contributed by atoms with Crippen LogP contribution in [0, 0.1) is 0 Å². The summed E-state index contributed by atoms with van der Waals surface area (Å²) in [6.07, 6.45) is 7.22. The van der Waals surface area contributed by atoms with Gasteiger partial charge in [0.15, 0.2) is 0 Å².